The molecule has 0 fully saturated rings. The molecule has 0 saturated heterocycles. The summed E-state index contributed by atoms with van der Waals surface area (Å²) in [6.07, 6.45) is -20.1. The first-order valence-corrected chi connectivity index (χ1v) is 3.69. The summed E-state index contributed by atoms with van der Waals surface area (Å²) >= 11 is 0. The van der Waals surface area contributed by atoms with Crippen LogP contribution in [0.2, 0.25) is 0 Å². The van der Waals surface area contributed by atoms with Crippen molar-refractivity contribution in [2.24, 2.45) is 0 Å². The molecule has 104 valence electrons. The standard InChI is InChI=1S/C6H4F10O/c7-1(3(9)10)2(8)4(11,12)5(13,14)6(15,16)17/h1-3,17H. The van der Waals surface area contributed by atoms with Crippen LogP contribution in [-0.4, -0.2) is 41.8 Å². The van der Waals surface area contributed by atoms with Crippen molar-refractivity contribution in [3.8, 4) is 0 Å². The lowest BCUT2D eigenvalue weighted by molar-refractivity contribution is -0.396. The monoisotopic (exact) mass is 282 g/mol. The number of aliphatic hydroxyl groups is 1. The smallest absolute Gasteiger partial charge is 0.331 e. The van der Waals surface area contributed by atoms with E-state index in [4.69, 9.17) is 5.11 Å². The summed E-state index contributed by atoms with van der Waals surface area (Å²) < 4.78 is 120. The summed E-state index contributed by atoms with van der Waals surface area (Å²) in [6, 6.07) is 0. The normalized spacial score (nSPS) is 18.4. The molecule has 0 aromatic heterocycles. The van der Waals surface area contributed by atoms with Crippen LogP contribution in [0.5, 0.6) is 0 Å². The summed E-state index contributed by atoms with van der Waals surface area (Å²) in [5, 5.41) is 7.41. The molecule has 0 aliphatic rings. The molecule has 0 aliphatic carbocycles. The van der Waals surface area contributed by atoms with Gasteiger partial charge >= 0.3 is 18.0 Å². The van der Waals surface area contributed by atoms with Gasteiger partial charge in [-0.25, -0.2) is 17.6 Å². The van der Waals surface area contributed by atoms with Crippen LogP contribution in [0.15, 0.2) is 0 Å². The first-order chi connectivity index (χ1) is 7.26. The molecule has 0 aromatic rings. The SMILES string of the molecule is OC(F)(F)C(F)(F)C(F)(F)C(F)C(F)C(F)F. The Morgan fingerprint density at radius 1 is 0.765 bits per heavy atom. The summed E-state index contributed by atoms with van der Waals surface area (Å²) in [4.78, 5) is 0. The van der Waals surface area contributed by atoms with E-state index in [-0.39, 0.29) is 0 Å². The quantitative estimate of drug-likeness (QED) is 0.769. The zero-order valence-corrected chi connectivity index (χ0v) is 7.46. The highest BCUT2D eigenvalue weighted by atomic mass is 19.4. The van der Waals surface area contributed by atoms with Crippen molar-refractivity contribution in [1.29, 1.82) is 0 Å². The molecule has 1 N–H and O–H groups in total. The van der Waals surface area contributed by atoms with Crippen molar-refractivity contribution in [3.63, 3.8) is 0 Å². The first kappa shape index (κ1) is 16.3. The molecule has 0 radical (unpaired) electrons. The van der Waals surface area contributed by atoms with Gasteiger partial charge in [0.05, 0.1) is 0 Å². The molecule has 2 unspecified atom stereocenters. The highest BCUT2D eigenvalue weighted by Crippen LogP contribution is 2.48. The summed E-state index contributed by atoms with van der Waals surface area (Å²) in [6.45, 7) is 0. The topological polar surface area (TPSA) is 20.2 Å². The predicted molar refractivity (Wildman–Crippen MR) is 32.9 cm³/mol. The summed E-state index contributed by atoms with van der Waals surface area (Å²) in [5.41, 5.74) is 0. The molecular formula is C6H4F10O. The Morgan fingerprint density at radius 3 is 1.35 bits per heavy atom. The zero-order chi connectivity index (χ0) is 14.2. The fourth-order valence-corrected chi connectivity index (χ4v) is 0.701. The molecule has 1 nitrogen and oxygen atoms in total. The second kappa shape index (κ2) is 4.50. The Bertz CT molecular complexity index is 258. The van der Waals surface area contributed by atoms with Crippen molar-refractivity contribution in [2.75, 3.05) is 0 Å². The molecule has 0 aliphatic heterocycles. The van der Waals surface area contributed by atoms with Crippen LogP contribution in [0.4, 0.5) is 43.9 Å². The Hall–Kier alpha value is -0.740. The lowest BCUT2D eigenvalue weighted by atomic mass is 10.0. The van der Waals surface area contributed by atoms with Crippen LogP contribution >= 0.6 is 0 Å². The van der Waals surface area contributed by atoms with Crippen LogP contribution in [0.3, 0.4) is 0 Å². The van der Waals surface area contributed by atoms with Crippen LogP contribution in [0.25, 0.3) is 0 Å². The van der Waals surface area contributed by atoms with E-state index in [1.807, 2.05) is 0 Å². The fourth-order valence-electron chi connectivity index (χ4n) is 0.701. The molecule has 17 heavy (non-hydrogen) atoms. The molecule has 2 atom stereocenters. The van der Waals surface area contributed by atoms with Crippen LogP contribution in [0.1, 0.15) is 0 Å². The van der Waals surface area contributed by atoms with Gasteiger partial charge in [-0.3, -0.25) is 0 Å². The van der Waals surface area contributed by atoms with E-state index in [1.54, 1.807) is 0 Å². The predicted octanol–water partition coefficient (Wildman–Crippen LogP) is 2.78. The van der Waals surface area contributed by atoms with E-state index in [9.17, 15) is 43.9 Å². The van der Waals surface area contributed by atoms with E-state index in [0.717, 1.165) is 0 Å². The van der Waals surface area contributed by atoms with E-state index in [2.05, 4.69) is 0 Å². The van der Waals surface area contributed by atoms with Crippen molar-refractivity contribution in [1.82, 2.24) is 0 Å². The van der Waals surface area contributed by atoms with Gasteiger partial charge in [0.1, 0.15) is 0 Å². The second-order valence-electron chi connectivity index (χ2n) is 2.92. The second-order valence-corrected chi connectivity index (χ2v) is 2.92. The van der Waals surface area contributed by atoms with Gasteiger partial charge in [-0.1, -0.05) is 0 Å². The average Bonchev–Trinajstić information content (AvgIpc) is 2.13. The molecule has 0 saturated carbocycles. The van der Waals surface area contributed by atoms with Crippen molar-refractivity contribution < 1.29 is 49.0 Å². The maximum atomic E-state index is 12.4. The van der Waals surface area contributed by atoms with E-state index < -0.39 is 36.7 Å². The number of alkyl halides is 10. The third-order valence-corrected chi connectivity index (χ3v) is 1.66. The van der Waals surface area contributed by atoms with Crippen LogP contribution in [-0.2, 0) is 0 Å². The van der Waals surface area contributed by atoms with Crippen LogP contribution < -0.4 is 0 Å². The average molecular weight is 282 g/mol. The number of halogens is 10. The van der Waals surface area contributed by atoms with Gasteiger partial charge < -0.3 is 5.11 Å². The fraction of sp³-hybridized carbons (Fsp3) is 1.00. The molecule has 0 spiro atoms. The van der Waals surface area contributed by atoms with Gasteiger partial charge in [-0.15, -0.1) is 0 Å². The molecule has 0 bridgehead atoms. The third-order valence-electron chi connectivity index (χ3n) is 1.66. The Kier molecular flexibility index (Phi) is 4.30. The lowest BCUT2D eigenvalue weighted by Gasteiger charge is -2.32. The van der Waals surface area contributed by atoms with Crippen LogP contribution in [0, 0.1) is 0 Å². The van der Waals surface area contributed by atoms with Gasteiger partial charge in [0.15, 0.2) is 6.17 Å². The maximum absolute atomic E-state index is 12.4. The Labute approximate surface area is 87.0 Å². The Balaban J connectivity index is 5.27. The number of hydrogen-bond acceptors (Lipinski definition) is 1. The van der Waals surface area contributed by atoms with Gasteiger partial charge in [0.2, 0.25) is 6.17 Å². The maximum Gasteiger partial charge on any atom is 0.423 e. The largest absolute Gasteiger partial charge is 0.423 e. The minimum absolute atomic E-state index is 4.40. The van der Waals surface area contributed by atoms with E-state index in [1.165, 1.54) is 0 Å². The molecular weight excluding hydrogens is 278 g/mol. The first-order valence-electron chi connectivity index (χ1n) is 3.69. The van der Waals surface area contributed by atoms with Gasteiger partial charge in [0, 0.05) is 0 Å². The van der Waals surface area contributed by atoms with Gasteiger partial charge in [0.25, 0.3) is 6.43 Å². The van der Waals surface area contributed by atoms with Crippen molar-refractivity contribution in [2.45, 2.75) is 36.7 Å². The van der Waals surface area contributed by atoms with Gasteiger partial charge in [-0.2, -0.15) is 26.3 Å². The lowest BCUT2D eigenvalue weighted by Crippen LogP contribution is -2.60. The van der Waals surface area contributed by atoms with Gasteiger partial charge in [-0.05, 0) is 0 Å². The summed E-state index contributed by atoms with van der Waals surface area (Å²) in [5.74, 6) is -13.3. The summed E-state index contributed by atoms with van der Waals surface area (Å²) in [7, 11) is 0. The van der Waals surface area contributed by atoms with E-state index in [0.29, 0.717) is 0 Å². The highest BCUT2D eigenvalue weighted by molar-refractivity contribution is 4.98. The molecule has 0 rings (SSSR count). The minimum atomic E-state index is -6.74. The molecule has 0 aromatic carbocycles. The number of rotatable bonds is 5. The van der Waals surface area contributed by atoms with E-state index >= 15 is 0 Å². The third kappa shape index (κ3) is 2.75. The highest BCUT2D eigenvalue weighted by Gasteiger charge is 2.76. The number of hydrogen-bond donors (Lipinski definition) is 1. The Morgan fingerprint density at radius 2 is 1.12 bits per heavy atom. The van der Waals surface area contributed by atoms with Crippen molar-refractivity contribution >= 4 is 0 Å². The molecule has 0 heterocycles. The molecule has 0 amide bonds. The minimum Gasteiger partial charge on any atom is -0.331 e. The molecule has 11 heteroatoms. The van der Waals surface area contributed by atoms with Crippen molar-refractivity contribution in [3.05, 3.63) is 0 Å². The zero-order valence-electron chi connectivity index (χ0n) is 7.46.